The number of H-pyrrole nitrogens is 1. The highest BCUT2D eigenvalue weighted by atomic mass is 16.5. The van der Waals surface area contributed by atoms with Crippen LogP contribution in [0, 0.1) is 0 Å². The molecule has 2 rings (SSSR count). The number of para-hydroxylation sites is 1. The minimum atomic E-state index is -0.271. The van der Waals surface area contributed by atoms with Crippen LogP contribution in [-0.2, 0) is 4.74 Å². The molecule has 0 saturated carbocycles. The minimum Gasteiger partial charge on any atom is -0.461 e. The predicted molar refractivity (Wildman–Crippen MR) is 68.3 cm³/mol. The highest BCUT2D eigenvalue weighted by molar-refractivity contribution is 5.98. The summed E-state index contributed by atoms with van der Waals surface area (Å²) in [7, 11) is 0. The Bertz CT molecular complexity index is 540. The number of rotatable bonds is 3. The van der Waals surface area contributed by atoms with Crippen LogP contribution in [0.4, 0.5) is 0 Å². The number of hydrogen-bond donors (Lipinski definition) is 1. The quantitative estimate of drug-likeness (QED) is 0.822. The van der Waals surface area contributed by atoms with Gasteiger partial charge in [0, 0.05) is 10.9 Å². The maximum absolute atomic E-state index is 11.9. The smallest absolute Gasteiger partial charge is 0.355 e. The number of carbonyl (C=O) groups is 1. The average Bonchev–Trinajstić information content (AvgIpc) is 2.68. The molecule has 0 fully saturated rings. The largest absolute Gasteiger partial charge is 0.461 e. The second kappa shape index (κ2) is 4.62. The molecule has 0 amide bonds. The third-order valence-corrected chi connectivity index (χ3v) is 2.80. The first kappa shape index (κ1) is 11.7. The van der Waals surface area contributed by atoms with E-state index in [1.807, 2.05) is 31.2 Å². The van der Waals surface area contributed by atoms with Crippen LogP contribution >= 0.6 is 0 Å². The first-order valence-corrected chi connectivity index (χ1v) is 5.92. The molecule has 0 aliphatic heterocycles. The number of fused-ring (bicyclic) bond motifs is 1. The molecule has 1 aromatic heterocycles. The molecule has 0 radical (unpaired) electrons. The molecule has 0 spiro atoms. The maximum Gasteiger partial charge on any atom is 0.355 e. The number of aromatic amines is 1. The Labute approximate surface area is 101 Å². The average molecular weight is 231 g/mol. The molecule has 0 atom stereocenters. The summed E-state index contributed by atoms with van der Waals surface area (Å²) >= 11 is 0. The number of aromatic nitrogens is 1. The first-order chi connectivity index (χ1) is 8.15. The third kappa shape index (κ3) is 2.05. The summed E-state index contributed by atoms with van der Waals surface area (Å²) in [6, 6.07) is 7.95. The van der Waals surface area contributed by atoms with Crippen LogP contribution in [-0.4, -0.2) is 17.6 Å². The molecule has 0 aliphatic rings. The molecule has 3 heteroatoms. The first-order valence-electron chi connectivity index (χ1n) is 5.92. The van der Waals surface area contributed by atoms with Crippen molar-refractivity contribution in [1.82, 2.24) is 4.98 Å². The lowest BCUT2D eigenvalue weighted by Crippen LogP contribution is -2.08. The lowest BCUT2D eigenvalue weighted by Gasteiger charge is -2.07. The van der Waals surface area contributed by atoms with Crippen LogP contribution in [0.2, 0.25) is 0 Å². The van der Waals surface area contributed by atoms with Gasteiger partial charge in [0.25, 0.3) is 0 Å². The molecule has 1 aromatic carbocycles. The number of carbonyl (C=O) groups excluding carboxylic acids is 1. The summed E-state index contributed by atoms with van der Waals surface area (Å²) in [4.78, 5) is 15.0. The molecule has 2 aromatic rings. The van der Waals surface area contributed by atoms with Gasteiger partial charge in [-0.05, 0) is 24.5 Å². The van der Waals surface area contributed by atoms with Gasteiger partial charge >= 0.3 is 5.97 Å². The van der Waals surface area contributed by atoms with Gasteiger partial charge in [0.1, 0.15) is 5.69 Å². The SMILES string of the molecule is CCOC(=O)c1[nH]c2ccccc2c1C(C)C. The fourth-order valence-corrected chi connectivity index (χ4v) is 2.13. The van der Waals surface area contributed by atoms with Crippen molar-refractivity contribution >= 4 is 16.9 Å². The Morgan fingerprint density at radius 3 is 2.71 bits per heavy atom. The van der Waals surface area contributed by atoms with Crippen molar-refractivity contribution in [1.29, 1.82) is 0 Å². The summed E-state index contributed by atoms with van der Waals surface area (Å²) in [5.41, 5.74) is 2.61. The predicted octanol–water partition coefficient (Wildman–Crippen LogP) is 3.47. The molecule has 17 heavy (non-hydrogen) atoms. The van der Waals surface area contributed by atoms with E-state index in [1.165, 1.54) is 0 Å². The van der Waals surface area contributed by atoms with E-state index in [9.17, 15) is 4.79 Å². The normalized spacial score (nSPS) is 11.1. The number of hydrogen-bond acceptors (Lipinski definition) is 2. The molecule has 90 valence electrons. The molecule has 0 bridgehead atoms. The summed E-state index contributed by atoms with van der Waals surface area (Å²) < 4.78 is 5.08. The molecule has 3 nitrogen and oxygen atoms in total. The van der Waals surface area contributed by atoms with Crippen molar-refractivity contribution in [2.45, 2.75) is 26.7 Å². The summed E-state index contributed by atoms with van der Waals surface area (Å²) in [5.74, 6) is 0.0120. The monoisotopic (exact) mass is 231 g/mol. The van der Waals surface area contributed by atoms with Crippen molar-refractivity contribution in [3.63, 3.8) is 0 Å². The summed E-state index contributed by atoms with van der Waals surface area (Å²) in [6.45, 7) is 6.37. The molecule has 1 heterocycles. The van der Waals surface area contributed by atoms with E-state index in [-0.39, 0.29) is 11.9 Å². The van der Waals surface area contributed by atoms with E-state index in [2.05, 4.69) is 18.8 Å². The van der Waals surface area contributed by atoms with Crippen molar-refractivity contribution < 1.29 is 9.53 Å². The summed E-state index contributed by atoms with van der Waals surface area (Å²) in [5, 5.41) is 1.10. The van der Waals surface area contributed by atoms with E-state index >= 15 is 0 Å². The van der Waals surface area contributed by atoms with Gasteiger partial charge in [0.15, 0.2) is 0 Å². The van der Waals surface area contributed by atoms with Gasteiger partial charge in [-0.1, -0.05) is 32.0 Å². The lowest BCUT2D eigenvalue weighted by molar-refractivity contribution is 0.0519. The topological polar surface area (TPSA) is 42.1 Å². The zero-order chi connectivity index (χ0) is 12.4. The van der Waals surface area contributed by atoms with Crippen LogP contribution in [0.1, 0.15) is 42.7 Å². The van der Waals surface area contributed by atoms with Crippen molar-refractivity contribution in [2.24, 2.45) is 0 Å². The van der Waals surface area contributed by atoms with Gasteiger partial charge in [-0.3, -0.25) is 0 Å². The van der Waals surface area contributed by atoms with Gasteiger partial charge < -0.3 is 9.72 Å². The van der Waals surface area contributed by atoms with Gasteiger partial charge in [0.2, 0.25) is 0 Å². The zero-order valence-electron chi connectivity index (χ0n) is 10.4. The molecule has 0 unspecified atom stereocenters. The highest BCUT2D eigenvalue weighted by Crippen LogP contribution is 2.29. The van der Waals surface area contributed by atoms with Gasteiger partial charge in [0.05, 0.1) is 6.61 Å². The fraction of sp³-hybridized carbons (Fsp3) is 0.357. The third-order valence-electron chi connectivity index (χ3n) is 2.80. The van der Waals surface area contributed by atoms with Crippen LogP contribution in [0.15, 0.2) is 24.3 Å². The Hall–Kier alpha value is -1.77. The van der Waals surface area contributed by atoms with Gasteiger partial charge in [-0.15, -0.1) is 0 Å². The minimum absolute atomic E-state index is 0.271. The van der Waals surface area contributed by atoms with Crippen LogP contribution in [0.25, 0.3) is 10.9 Å². The molecular formula is C14H17NO2. The number of benzene rings is 1. The van der Waals surface area contributed by atoms with E-state index in [1.54, 1.807) is 0 Å². The van der Waals surface area contributed by atoms with Crippen molar-refractivity contribution in [2.75, 3.05) is 6.61 Å². The van der Waals surface area contributed by atoms with Gasteiger partial charge in [-0.2, -0.15) is 0 Å². The molecule has 0 aliphatic carbocycles. The number of nitrogens with one attached hydrogen (secondary N) is 1. The standard InChI is InChI=1S/C14H17NO2/c1-4-17-14(16)13-12(9(2)3)10-7-5-6-8-11(10)15-13/h5-9,15H,4H2,1-3H3. The Balaban J connectivity index is 2.61. The molecule has 0 saturated heterocycles. The van der Waals surface area contributed by atoms with E-state index < -0.39 is 0 Å². The molecular weight excluding hydrogens is 214 g/mol. The lowest BCUT2D eigenvalue weighted by atomic mass is 9.99. The zero-order valence-corrected chi connectivity index (χ0v) is 10.4. The number of esters is 1. The van der Waals surface area contributed by atoms with Crippen LogP contribution < -0.4 is 0 Å². The van der Waals surface area contributed by atoms with Crippen LogP contribution in [0.5, 0.6) is 0 Å². The second-order valence-corrected chi connectivity index (χ2v) is 4.33. The highest BCUT2D eigenvalue weighted by Gasteiger charge is 2.20. The van der Waals surface area contributed by atoms with E-state index in [0.29, 0.717) is 12.3 Å². The number of ether oxygens (including phenoxy) is 1. The Morgan fingerprint density at radius 1 is 1.35 bits per heavy atom. The van der Waals surface area contributed by atoms with E-state index in [4.69, 9.17) is 4.74 Å². The maximum atomic E-state index is 11.9. The molecule has 1 N–H and O–H groups in total. The van der Waals surface area contributed by atoms with E-state index in [0.717, 1.165) is 16.5 Å². The van der Waals surface area contributed by atoms with Crippen LogP contribution in [0.3, 0.4) is 0 Å². The van der Waals surface area contributed by atoms with Crippen molar-refractivity contribution in [3.8, 4) is 0 Å². The van der Waals surface area contributed by atoms with Gasteiger partial charge in [-0.25, -0.2) is 4.79 Å². The summed E-state index contributed by atoms with van der Waals surface area (Å²) in [6.07, 6.45) is 0. The van der Waals surface area contributed by atoms with Crippen molar-refractivity contribution in [3.05, 3.63) is 35.5 Å². The second-order valence-electron chi connectivity index (χ2n) is 4.33. The Kier molecular flexibility index (Phi) is 3.18. The Morgan fingerprint density at radius 2 is 2.06 bits per heavy atom. The fourth-order valence-electron chi connectivity index (χ4n) is 2.13.